The van der Waals surface area contributed by atoms with Crippen LogP contribution in [0.1, 0.15) is 5.56 Å². The van der Waals surface area contributed by atoms with Gasteiger partial charge in [-0.2, -0.15) is 0 Å². The van der Waals surface area contributed by atoms with E-state index >= 15 is 0 Å². The van der Waals surface area contributed by atoms with Gasteiger partial charge in [-0.3, -0.25) is 15.1 Å². The van der Waals surface area contributed by atoms with E-state index in [4.69, 9.17) is 5.73 Å². The molecule has 15 heavy (non-hydrogen) atoms. The monoisotopic (exact) mass is 203 g/mol. The Balaban J connectivity index is 2.90. The molecule has 2 aromatic rings. The molecule has 5 nitrogen and oxygen atoms in total. The maximum Gasteiger partial charge on any atom is 0.293 e. The minimum absolute atomic E-state index is 0.0620. The molecule has 0 spiro atoms. The van der Waals surface area contributed by atoms with Crippen molar-refractivity contribution in [2.75, 3.05) is 5.73 Å². The van der Waals surface area contributed by atoms with Crippen molar-refractivity contribution in [3.63, 3.8) is 0 Å². The Bertz CT molecular complexity index is 552. The van der Waals surface area contributed by atoms with Gasteiger partial charge in [0.15, 0.2) is 0 Å². The number of nitrogens with two attached hydrogens (primary N) is 1. The summed E-state index contributed by atoms with van der Waals surface area (Å²) in [4.78, 5) is 14.4. The zero-order valence-electron chi connectivity index (χ0n) is 8.10. The molecule has 1 aromatic carbocycles. The molecule has 0 saturated carbocycles. The number of hydrogen-bond donors (Lipinski definition) is 1. The zero-order valence-corrected chi connectivity index (χ0v) is 8.10. The summed E-state index contributed by atoms with van der Waals surface area (Å²) >= 11 is 0. The fourth-order valence-corrected chi connectivity index (χ4v) is 1.58. The molecule has 0 fully saturated rings. The lowest BCUT2D eigenvalue weighted by Crippen LogP contribution is -1.98. The van der Waals surface area contributed by atoms with E-state index in [1.54, 1.807) is 25.3 Å². The number of nitrogen functional groups attached to an aromatic ring is 1. The lowest BCUT2D eigenvalue weighted by Gasteiger charge is -2.04. The second-order valence-corrected chi connectivity index (χ2v) is 3.28. The maximum absolute atomic E-state index is 10.7. The third kappa shape index (κ3) is 1.38. The van der Waals surface area contributed by atoms with Crippen molar-refractivity contribution < 1.29 is 4.92 Å². The molecule has 5 heteroatoms. The Hall–Kier alpha value is -2.17. The Morgan fingerprint density at radius 3 is 2.93 bits per heavy atom. The molecule has 0 aliphatic rings. The molecule has 0 unspecified atom stereocenters. The predicted molar refractivity (Wildman–Crippen MR) is 57.5 cm³/mol. The van der Waals surface area contributed by atoms with Crippen molar-refractivity contribution in [2.24, 2.45) is 0 Å². The van der Waals surface area contributed by atoms with Crippen molar-refractivity contribution in [3.05, 3.63) is 40.1 Å². The number of aryl methyl sites for hydroxylation is 1. The molecule has 0 amide bonds. The normalized spacial score (nSPS) is 10.5. The number of anilines is 1. The molecule has 0 atom stereocenters. The summed E-state index contributed by atoms with van der Waals surface area (Å²) in [5.74, 6) is 0. The van der Waals surface area contributed by atoms with E-state index in [2.05, 4.69) is 4.98 Å². The van der Waals surface area contributed by atoms with Gasteiger partial charge in [0.1, 0.15) is 5.69 Å². The Labute approximate surface area is 85.7 Å². The van der Waals surface area contributed by atoms with E-state index in [1.165, 1.54) is 6.07 Å². The summed E-state index contributed by atoms with van der Waals surface area (Å²) < 4.78 is 0. The average Bonchev–Trinajstić information content (AvgIpc) is 2.23. The van der Waals surface area contributed by atoms with Crippen LogP contribution >= 0.6 is 0 Å². The maximum atomic E-state index is 10.7. The number of hydrogen-bond acceptors (Lipinski definition) is 4. The molecule has 1 heterocycles. The topological polar surface area (TPSA) is 82.0 Å². The fourth-order valence-electron chi connectivity index (χ4n) is 1.58. The summed E-state index contributed by atoms with van der Waals surface area (Å²) in [6, 6.07) is 4.89. The third-order valence-corrected chi connectivity index (χ3v) is 2.30. The second-order valence-electron chi connectivity index (χ2n) is 3.28. The van der Waals surface area contributed by atoms with Gasteiger partial charge in [0.2, 0.25) is 0 Å². The van der Waals surface area contributed by atoms with E-state index < -0.39 is 4.92 Å². The number of nitrogens with zero attached hydrogens (tertiary/aromatic N) is 2. The Morgan fingerprint density at radius 1 is 1.53 bits per heavy atom. The smallest absolute Gasteiger partial charge is 0.293 e. The summed E-state index contributed by atoms with van der Waals surface area (Å²) in [6.07, 6.45) is 1.64. The van der Waals surface area contributed by atoms with Gasteiger partial charge in [0, 0.05) is 17.6 Å². The molecule has 0 bridgehead atoms. The van der Waals surface area contributed by atoms with Gasteiger partial charge in [-0.25, -0.2) is 0 Å². The molecule has 0 aliphatic carbocycles. The van der Waals surface area contributed by atoms with E-state index in [-0.39, 0.29) is 11.4 Å². The summed E-state index contributed by atoms with van der Waals surface area (Å²) in [5.41, 5.74) is 7.28. The van der Waals surface area contributed by atoms with Crippen LogP contribution in [-0.2, 0) is 0 Å². The molecular formula is C10H9N3O2. The van der Waals surface area contributed by atoms with E-state index in [0.29, 0.717) is 10.9 Å². The van der Waals surface area contributed by atoms with Crippen molar-refractivity contribution in [1.82, 2.24) is 4.98 Å². The Morgan fingerprint density at radius 2 is 2.27 bits per heavy atom. The highest BCUT2D eigenvalue weighted by Gasteiger charge is 2.16. The minimum Gasteiger partial charge on any atom is -0.393 e. The van der Waals surface area contributed by atoms with Crippen molar-refractivity contribution >= 4 is 22.3 Å². The summed E-state index contributed by atoms with van der Waals surface area (Å²) in [6.45, 7) is 1.78. The molecule has 76 valence electrons. The summed E-state index contributed by atoms with van der Waals surface area (Å²) in [7, 11) is 0. The molecule has 2 rings (SSSR count). The van der Waals surface area contributed by atoms with Crippen LogP contribution < -0.4 is 5.73 Å². The summed E-state index contributed by atoms with van der Waals surface area (Å²) in [5, 5.41) is 11.4. The predicted octanol–water partition coefficient (Wildman–Crippen LogP) is 2.03. The minimum atomic E-state index is -0.477. The van der Waals surface area contributed by atoms with Crippen LogP contribution in [0.2, 0.25) is 0 Å². The van der Waals surface area contributed by atoms with Crippen molar-refractivity contribution in [3.8, 4) is 0 Å². The molecule has 0 aliphatic heterocycles. The highest BCUT2D eigenvalue weighted by atomic mass is 16.6. The largest absolute Gasteiger partial charge is 0.393 e. The number of fused-ring (bicyclic) bond motifs is 1. The lowest BCUT2D eigenvalue weighted by molar-refractivity contribution is -0.383. The number of aromatic nitrogens is 1. The van der Waals surface area contributed by atoms with Gasteiger partial charge in [-0.05, 0) is 24.6 Å². The third-order valence-electron chi connectivity index (χ3n) is 2.30. The number of nitro groups is 1. The second kappa shape index (κ2) is 3.20. The van der Waals surface area contributed by atoms with E-state index in [0.717, 1.165) is 5.56 Å². The standard InChI is InChI=1S/C10H9N3O2/c1-6-5-8(13(14)15)9(11)7-3-2-4-12-10(6)7/h2-5H,11H2,1H3. The Kier molecular flexibility index (Phi) is 2.00. The first-order chi connectivity index (χ1) is 7.11. The van der Waals surface area contributed by atoms with Crippen LogP contribution in [0.15, 0.2) is 24.4 Å². The number of benzene rings is 1. The fraction of sp³-hybridized carbons (Fsp3) is 0.100. The van der Waals surface area contributed by atoms with Crippen LogP contribution in [0.4, 0.5) is 11.4 Å². The highest BCUT2D eigenvalue weighted by molar-refractivity contribution is 5.96. The molecule has 1 aromatic heterocycles. The zero-order chi connectivity index (χ0) is 11.0. The van der Waals surface area contributed by atoms with Crippen LogP contribution in [0, 0.1) is 17.0 Å². The number of nitro benzene ring substituents is 1. The van der Waals surface area contributed by atoms with Crippen molar-refractivity contribution in [1.29, 1.82) is 0 Å². The van der Waals surface area contributed by atoms with Crippen LogP contribution in [-0.4, -0.2) is 9.91 Å². The van der Waals surface area contributed by atoms with Crippen LogP contribution in [0.25, 0.3) is 10.9 Å². The van der Waals surface area contributed by atoms with Crippen LogP contribution in [0.3, 0.4) is 0 Å². The van der Waals surface area contributed by atoms with E-state index in [1.807, 2.05) is 0 Å². The average molecular weight is 203 g/mol. The van der Waals surface area contributed by atoms with Gasteiger partial charge < -0.3 is 5.73 Å². The molecular weight excluding hydrogens is 194 g/mol. The van der Waals surface area contributed by atoms with Crippen molar-refractivity contribution in [2.45, 2.75) is 6.92 Å². The first kappa shape index (κ1) is 9.39. The van der Waals surface area contributed by atoms with Gasteiger partial charge >= 0.3 is 0 Å². The van der Waals surface area contributed by atoms with Gasteiger partial charge in [-0.15, -0.1) is 0 Å². The van der Waals surface area contributed by atoms with Gasteiger partial charge in [-0.1, -0.05) is 0 Å². The number of pyridine rings is 1. The highest BCUT2D eigenvalue weighted by Crippen LogP contribution is 2.31. The molecule has 2 N–H and O–H groups in total. The SMILES string of the molecule is Cc1cc([N+](=O)[O-])c(N)c2cccnc12. The molecule has 0 saturated heterocycles. The number of rotatable bonds is 1. The quantitative estimate of drug-likeness (QED) is 0.436. The molecule has 0 radical (unpaired) electrons. The van der Waals surface area contributed by atoms with Crippen LogP contribution in [0.5, 0.6) is 0 Å². The van der Waals surface area contributed by atoms with Gasteiger partial charge in [0.25, 0.3) is 5.69 Å². The van der Waals surface area contributed by atoms with Gasteiger partial charge in [0.05, 0.1) is 10.4 Å². The first-order valence-electron chi connectivity index (χ1n) is 4.39. The van der Waals surface area contributed by atoms with E-state index in [9.17, 15) is 10.1 Å². The lowest BCUT2D eigenvalue weighted by atomic mass is 10.1. The first-order valence-corrected chi connectivity index (χ1v) is 4.39.